The second kappa shape index (κ2) is 6.95. The van der Waals surface area contributed by atoms with Gasteiger partial charge in [-0.05, 0) is 17.7 Å². The van der Waals surface area contributed by atoms with Crippen LogP contribution >= 0.6 is 0 Å². The van der Waals surface area contributed by atoms with Gasteiger partial charge in [-0.1, -0.05) is 12.1 Å². The number of hydrogen-bond acceptors (Lipinski definition) is 5. The molecule has 112 valence electrons. The molecule has 21 heavy (non-hydrogen) atoms. The van der Waals surface area contributed by atoms with Gasteiger partial charge < -0.3 is 20.1 Å². The van der Waals surface area contributed by atoms with E-state index in [1.165, 1.54) is 0 Å². The van der Waals surface area contributed by atoms with E-state index < -0.39 is 0 Å². The molecule has 0 spiro atoms. The summed E-state index contributed by atoms with van der Waals surface area (Å²) in [6.07, 6.45) is 1.80. The quantitative estimate of drug-likeness (QED) is 0.883. The normalized spacial score (nSPS) is 11.8. The largest absolute Gasteiger partial charge is 0.497 e. The van der Waals surface area contributed by atoms with Crippen molar-refractivity contribution in [3.05, 3.63) is 48.2 Å². The zero-order chi connectivity index (χ0) is 15.2. The third kappa shape index (κ3) is 3.44. The molecule has 2 N–H and O–H groups in total. The average Bonchev–Trinajstić information content (AvgIpc) is 2.56. The van der Waals surface area contributed by atoms with Crippen LogP contribution in [0.1, 0.15) is 11.6 Å². The molecule has 0 aliphatic rings. The summed E-state index contributed by atoms with van der Waals surface area (Å²) in [6.45, 7) is 0.488. The van der Waals surface area contributed by atoms with Crippen LogP contribution in [-0.2, 0) is 0 Å². The summed E-state index contributed by atoms with van der Waals surface area (Å²) >= 11 is 0. The van der Waals surface area contributed by atoms with E-state index in [1.54, 1.807) is 20.4 Å². The molecule has 1 atom stereocenters. The molecule has 1 heterocycles. The molecule has 5 nitrogen and oxygen atoms in total. The Morgan fingerprint density at radius 1 is 1.19 bits per heavy atom. The number of methoxy groups -OCH3 is 2. The van der Waals surface area contributed by atoms with Gasteiger partial charge in [0.1, 0.15) is 5.75 Å². The molecule has 5 heteroatoms. The van der Waals surface area contributed by atoms with Crippen molar-refractivity contribution in [2.75, 3.05) is 32.7 Å². The highest BCUT2D eigenvalue weighted by atomic mass is 16.5. The van der Waals surface area contributed by atoms with Gasteiger partial charge in [0.15, 0.2) is 0 Å². The van der Waals surface area contributed by atoms with E-state index >= 15 is 0 Å². The van der Waals surface area contributed by atoms with Crippen molar-refractivity contribution in [3.8, 4) is 11.6 Å². The van der Waals surface area contributed by atoms with E-state index in [2.05, 4.69) is 9.88 Å². The Bertz CT molecular complexity index is 572. The third-order valence-corrected chi connectivity index (χ3v) is 3.50. The number of ether oxygens (including phenoxy) is 2. The fourth-order valence-corrected chi connectivity index (χ4v) is 2.24. The predicted octanol–water partition coefficient (Wildman–Crippen LogP) is 2.24. The molecule has 0 radical (unpaired) electrons. The minimum absolute atomic E-state index is 0.0375. The molecular formula is C16H21N3O2. The van der Waals surface area contributed by atoms with Crippen LogP contribution in [0.3, 0.4) is 0 Å². The first kappa shape index (κ1) is 15.1. The lowest BCUT2D eigenvalue weighted by molar-refractivity contribution is 0.397. The Labute approximate surface area is 125 Å². The maximum atomic E-state index is 5.95. The van der Waals surface area contributed by atoms with Gasteiger partial charge in [0, 0.05) is 37.6 Å². The standard InChI is InChI=1S/C16H21N3O2/c1-19(13-5-4-6-14(9-13)20-2)15(10-17)12-7-8-16(21-3)18-11-12/h4-9,11,15H,10,17H2,1-3H3. The average molecular weight is 287 g/mol. The summed E-state index contributed by atoms with van der Waals surface area (Å²) in [5, 5.41) is 0. The van der Waals surface area contributed by atoms with Gasteiger partial charge in [-0.3, -0.25) is 0 Å². The maximum Gasteiger partial charge on any atom is 0.212 e. The first-order chi connectivity index (χ1) is 10.2. The fraction of sp³-hybridized carbons (Fsp3) is 0.312. The van der Waals surface area contributed by atoms with Crippen molar-refractivity contribution in [2.45, 2.75) is 6.04 Å². The summed E-state index contributed by atoms with van der Waals surface area (Å²) in [4.78, 5) is 6.36. The summed E-state index contributed by atoms with van der Waals surface area (Å²) in [7, 11) is 5.27. The topological polar surface area (TPSA) is 60.6 Å². The minimum atomic E-state index is 0.0375. The molecule has 0 aliphatic carbocycles. The zero-order valence-corrected chi connectivity index (χ0v) is 12.6. The van der Waals surface area contributed by atoms with E-state index in [0.29, 0.717) is 12.4 Å². The molecule has 0 saturated heterocycles. The zero-order valence-electron chi connectivity index (χ0n) is 12.6. The van der Waals surface area contributed by atoms with E-state index in [9.17, 15) is 0 Å². The molecule has 1 aromatic carbocycles. The Morgan fingerprint density at radius 2 is 2.00 bits per heavy atom. The number of nitrogens with zero attached hydrogens (tertiary/aromatic N) is 2. The van der Waals surface area contributed by atoms with E-state index in [0.717, 1.165) is 17.0 Å². The number of aromatic nitrogens is 1. The van der Waals surface area contributed by atoms with Crippen molar-refractivity contribution in [2.24, 2.45) is 5.73 Å². The molecule has 2 rings (SSSR count). The minimum Gasteiger partial charge on any atom is -0.497 e. The highest BCUT2D eigenvalue weighted by Crippen LogP contribution is 2.27. The summed E-state index contributed by atoms with van der Waals surface area (Å²) in [5.74, 6) is 1.42. The second-order valence-electron chi connectivity index (χ2n) is 4.70. The molecule has 2 aromatic rings. The van der Waals surface area contributed by atoms with Crippen molar-refractivity contribution < 1.29 is 9.47 Å². The lowest BCUT2D eigenvalue weighted by Crippen LogP contribution is -2.30. The van der Waals surface area contributed by atoms with Crippen molar-refractivity contribution in [1.82, 2.24) is 4.98 Å². The highest BCUT2D eigenvalue weighted by molar-refractivity contribution is 5.52. The second-order valence-corrected chi connectivity index (χ2v) is 4.70. The number of hydrogen-bond donors (Lipinski definition) is 1. The van der Waals surface area contributed by atoms with Gasteiger partial charge >= 0.3 is 0 Å². The van der Waals surface area contributed by atoms with Crippen LogP contribution in [0.4, 0.5) is 5.69 Å². The lowest BCUT2D eigenvalue weighted by Gasteiger charge is -2.29. The van der Waals surface area contributed by atoms with Crippen molar-refractivity contribution in [1.29, 1.82) is 0 Å². The van der Waals surface area contributed by atoms with Gasteiger partial charge in [0.05, 0.1) is 20.3 Å². The first-order valence-electron chi connectivity index (χ1n) is 6.76. The van der Waals surface area contributed by atoms with Crippen LogP contribution in [0, 0.1) is 0 Å². The number of anilines is 1. The third-order valence-electron chi connectivity index (χ3n) is 3.50. The van der Waals surface area contributed by atoms with Crippen LogP contribution in [0.5, 0.6) is 11.6 Å². The number of benzene rings is 1. The van der Waals surface area contributed by atoms with Gasteiger partial charge in [-0.15, -0.1) is 0 Å². The first-order valence-corrected chi connectivity index (χ1v) is 6.76. The van der Waals surface area contributed by atoms with Gasteiger partial charge in [0.2, 0.25) is 5.88 Å². The molecule has 0 fully saturated rings. The lowest BCUT2D eigenvalue weighted by atomic mass is 10.1. The smallest absolute Gasteiger partial charge is 0.212 e. The number of rotatable bonds is 6. The van der Waals surface area contributed by atoms with E-state index in [4.69, 9.17) is 15.2 Å². The summed E-state index contributed by atoms with van der Waals surface area (Å²) < 4.78 is 10.4. The summed E-state index contributed by atoms with van der Waals surface area (Å²) in [6, 6.07) is 11.8. The molecular weight excluding hydrogens is 266 g/mol. The van der Waals surface area contributed by atoms with Crippen LogP contribution < -0.4 is 20.1 Å². The molecule has 1 aromatic heterocycles. The fourth-order valence-electron chi connectivity index (χ4n) is 2.24. The Kier molecular flexibility index (Phi) is 5.00. The van der Waals surface area contributed by atoms with Crippen LogP contribution in [0.25, 0.3) is 0 Å². The maximum absolute atomic E-state index is 5.95. The van der Waals surface area contributed by atoms with Gasteiger partial charge in [-0.25, -0.2) is 4.98 Å². The molecule has 0 aliphatic heterocycles. The van der Waals surface area contributed by atoms with Gasteiger partial charge in [-0.2, -0.15) is 0 Å². The van der Waals surface area contributed by atoms with Crippen molar-refractivity contribution in [3.63, 3.8) is 0 Å². The molecule has 0 amide bonds. The predicted molar refractivity (Wildman–Crippen MR) is 84.0 cm³/mol. The Hall–Kier alpha value is -2.27. The number of nitrogens with two attached hydrogens (primary N) is 1. The SMILES string of the molecule is COc1cccc(N(C)C(CN)c2ccc(OC)nc2)c1. The molecule has 0 bridgehead atoms. The Balaban J connectivity index is 2.26. The van der Waals surface area contributed by atoms with Crippen LogP contribution in [-0.4, -0.2) is 32.8 Å². The number of likely N-dealkylation sites (N-methyl/N-ethyl adjacent to an activating group) is 1. The molecule has 1 unspecified atom stereocenters. The van der Waals surface area contributed by atoms with Crippen molar-refractivity contribution >= 4 is 5.69 Å². The van der Waals surface area contributed by atoms with E-state index in [1.807, 2.05) is 43.4 Å². The van der Waals surface area contributed by atoms with E-state index in [-0.39, 0.29) is 6.04 Å². The highest BCUT2D eigenvalue weighted by Gasteiger charge is 2.17. The summed E-state index contributed by atoms with van der Waals surface area (Å²) in [5.41, 5.74) is 8.04. The van der Waals surface area contributed by atoms with Crippen LogP contribution in [0.15, 0.2) is 42.6 Å². The van der Waals surface area contributed by atoms with Crippen LogP contribution in [0.2, 0.25) is 0 Å². The number of pyridine rings is 1. The Morgan fingerprint density at radius 3 is 2.57 bits per heavy atom. The molecule has 0 saturated carbocycles. The van der Waals surface area contributed by atoms with Gasteiger partial charge in [0.25, 0.3) is 0 Å². The monoisotopic (exact) mass is 287 g/mol.